The second kappa shape index (κ2) is 4.83. The Labute approximate surface area is 106 Å². The summed E-state index contributed by atoms with van der Waals surface area (Å²) in [5.74, 6) is 0.349. The first kappa shape index (κ1) is 12.0. The van der Waals surface area contributed by atoms with Gasteiger partial charge in [-0.3, -0.25) is 14.9 Å². The number of para-hydroxylation sites is 1. The summed E-state index contributed by atoms with van der Waals surface area (Å²) in [6.07, 6.45) is 1.19. The van der Waals surface area contributed by atoms with Gasteiger partial charge in [0.05, 0.1) is 9.40 Å². The second-order valence-corrected chi connectivity index (χ2v) is 4.72. The number of nitro benzene ring substituents is 1. The Hall–Kier alpha value is -1.43. The maximum atomic E-state index is 11.1. The van der Waals surface area contributed by atoms with Crippen molar-refractivity contribution in [1.82, 2.24) is 0 Å². The van der Waals surface area contributed by atoms with E-state index in [1.165, 1.54) is 6.07 Å². The third kappa shape index (κ3) is 2.63. The molecule has 1 unspecified atom stereocenters. The molecule has 0 aliphatic heterocycles. The molecule has 90 valence electrons. The molecule has 1 saturated carbocycles. The molecular formula is C11H10BrNO4. The van der Waals surface area contributed by atoms with Gasteiger partial charge in [0.25, 0.3) is 0 Å². The Balaban J connectivity index is 2.25. The molecule has 1 aliphatic carbocycles. The molecule has 0 N–H and O–H groups in total. The number of hydrogen-bond donors (Lipinski definition) is 0. The lowest BCUT2D eigenvalue weighted by molar-refractivity contribution is -0.386. The molecule has 1 aliphatic rings. The molecule has 1 fully saturated rings. The van der Waals surface area contributed by atoms with Gasteiger partial charge in [-0.05, 0) is 28.4 Å². The number of ketones is 1. The number of halogens is 1. The molecule has 0 aromatic heterocycles. The highest BCUT2D eigenvalue weighted by molar-refractivity contribution is 9.10. The maximum Gasteiger partial charge on any atom is 0.312 e. The van der Waals surface area contributed by atoms with E-state index in [4.69, 9.17) is 4.74 Å². The SMILES string of the molecule is O=C1CCC(Oc2c(Br)cccc2[N+](=O)[O-])C1. The van der Waals surface area contributed by atoms with Crippen LogP contribution >= 0.6 is 15.9 Å². The van der Waals surface area contributed by atoms with Gasteiger partial charge in [-0.2, -0.15) is 0 Å². The monoisotopic (exact) mass is 299 g/mol. The van der Waals surface area contributed by atoms with Crippen LogP contribution in [0.2, 0.25) is 0 Å². The largest absolute Gasteiger partial charge is 0.482 e. The van der Waals surface area contributed by atoms with Crippen LogP contribution in [-0.4, -0.2) is 16.8 Å². The van der Waals surface area contributed by atoms with Crippen LogP contribution in [-0.2, 0) is 4.79 Å². The Kier molecular flexibility index (Phi) is 3.42. The number of carbonyl (C=O) groups is 1. The lowest BCUT2D eigenvalue weighted by Gasteiger charge is -2.13. The molecule has 0 spiro atoms. The van der Waals surface area contributed by atoms with Gasteiger partial charge in [0.15, 0.2) is 0 Å². The van der Waals surface area contributed by atoms with E-state index in [0.717, 1.165) is 0 Å². The van der Waals surface area contributed by atoms with Crippen molar-refractivity contribution in [1.29, 1.82) is 0 Å². The first-order valence-corrected chi connectivity index (χ1v) is 5.98. The van der Waals surface area contributed by atoms with Crippen LogP contribution in [0.25, 0.3) is 0 Å². The fourth-order valence-corrected chi connectivity index (χ4v) is 2.25. The minimum absolute atomic E-state index is 0.0845. The highest BCUT2D eigenvalue weighted by atomic mass is 79.9. The van der Waals surface area contributed by atoms with Crippen molar-refractivity contribution >= 4 is 27.4 Å². The van der Waals surface area contributed by atoms with Gasteiger partial charge in [0.1, 0.15) is 11.9 Å². The zero-order valence-corrected chi connectivity index (χ0v) is 10.5. The zero-order valence-electron chi connectivity index (χ0n) is 8.89. The Morgan fingerprint density at radius 3 is 2.82 bits per heavy atom. The minimum Gasteiger partial charge on any atom is -0.482 e. The van der Waals surface area contributed by atoms with Crippen LogP contribution in [0, 0.1) is 10.1 Å². The van der Waals surface area contributed by atoms with E-state index >= 15 is 0 Å². The molecular weight excluding hydrogens is 290 g/mol. The minimum atomic E-state index is -0.489. The molecule has 0 bridgehead atoms. The molecule has 5 nitrogen and oxygen atoms in total. The molecule has 17 heavy (non-hydrogen) atoms. The highest BCUT2D eigenvalue weighted by Crippen LogP contribution is 2.37. The molecule has 2 rings (SSSR count). The molecule has 0 amide bonds. The van der Waals surface area contributed by atoms with Gasteiger partial charge in [-0.1, -0.05) is 6.07 Å². The van der Waals surface area contributed by atoms with Crippen molar-refractivity contribution < 1.29 is 14.5 Å². The van der Waals surface area contributed by atoms with Crippen molar-refractivity contribution in [3.63, 3.8) is 0 Å². The lowest BCUT2D eigenvalue weighted by atomic mass is 10.2. The number of hydrogen-bond acceptors (Lipinski definition) is 4. The number of ether oxygens (including phenoxy) is 1. The van der Waals surface area contributed by atoms with Gasteiger partial charge in [0, 0.05) is 18.9 Å². The summed E-state index contributed by atoms with van der Waals surface area (Å²) in [5, 5.41) is 10.8. The highest BCUT2D eigenvalue weighted by Gasteiger charge is 2.27. The fraction of sp³-hybridized carbons (Fsp3) is 0.364. The summed E-state index contributed by atoms with van der Waals surface area (Å²) in [6, 6.07) is 4.64. The summed E-state index contributed by atoms with van der Waals surface area (Å²) in [4.78, 5) is 21.5. The summed E-state index contributed by atoms with van der Waals surface area (Å²) >= 11 is 3.22. The Morgan fingerprint density at radius 1 is 1.47 bits per heavy atom. The first-order chi connectivity index (χ1) is 8.08. The molecule has 1 aromatic rings. The average molecular weight is 300 g/mol. The number of carbonyl (C=O) groups excluding carboxylic acids is 1. The van der Waals surface area contributed by atoms with Gasteiger partial charge < -0.3 is 4.74 Å². The quantitative estimate of drug-likeness (QED) is 0.635. The van der Waals surface area contributed by atoms with Gasteiger partial charge in [-0.25, -0.2) is 0 Å². The van der Waals surface area contributed by atoms with E-state index in [0.29, 0.717) is 23.7 Å². The van der Waals surface area contributed by atoms with Gasteiger partial charge in [-0.15, -0.1) is 0 Å². The lowest BCUT2D eigenvalue weighted by Crippen LogP contribution is -2.13. The number of nitro groups is 1. The van der Waals surface area contributed by atoms with Crippen molar-refractivity contribution in [3.8, 4) is 5.75 Å². The van der Waals surface area contributed by atoms with Crippen molar-refractivity contribution in [2.75, 3.05) is 0 Å². The summed E-state index contributed by atoms with van der Waals surface area (Å²) in [6.45, 7) is 0. The smallest absolute Gasteiger partial charge is 0.312 e. The molecule has 6 heteroatoms. The number of Topliss-reactive ketones (excluding diaryl/α,β-unsaturated/α-hetero) is 1. The number of benzene rings is 1. The number of nitrogens with zero attached hydrogens (tertiary/aromatic N) is 1. The summed E-state index contributed by atoms with van der Waals surface area (Å²) in [5.41, 5.74) is -0.0845. The summed E-state index contributed by atoms with van der Waals surface area (Å²) in [7, 11) is 0. The first-order valence-electron chi connectivity index (χ1n) is 5.19. The van der Waals surface area contributed by atoms with E-state index in [1.807, 2.05) is 0 Å². The van der Waals surface area contributed by atoms with Crippen LogP contribution < -0.4 is 4.74 Å². The van der Waals surface area contributed by atoms with E-state index in [2.05, 4.69) is 15.9 Å². The predicted octanol–water partition coefficient (Wildman–Crippen LogP) is 2.86. The maximum absolute atomic E-state index is 11.1. The zero-order chi connectivity index (χ0) is 12.4. The van der Waals surface area contributed by atoms with Crippen LogP contribution in [0.1, 0.15) is 19.3 Å². The van der Waals surface area contributed by atoms with E-state index < -0.39 is 4.92 Å². The van der Waals surface area contributed by atoms with Crippen LogP contribution in [0.4, 0.5) is 5.69 Å². The molecule has 0 radical (unpaired) electrons. The van der Waals surface area contributed by atoms with E-state index in [1.54, 1.807) is 12.1 Å². The van der Waals surface area contributed by atoms with Crippen molar-refractivity contribution in [2.24, 2.45) is 0 Å². The van der Waals surface area contributed by atoms with Gasteiger partial charge >= 0.3 is 5.69 Å². The molecule has 1 atom stereocenters. The third-order valence-electron chi connectivity index (χ3n) is 2.63. The van der Waals surface area contributed by atoms with Crippen molar-refractivity contribution in [2.45, 2.75) is 25.4 Å². The van der Waals surface area contributed by atoms with Crippen LogP contribution in [0.3, 0.4) is 0 Å². The average Bonchev–Trinajstić information content (AvgIpc) is 2.67. The second-order valence-electron chi connectivity index (χ2n) is 3.87. The fourth-order valence-electron chi connectivity index (χ4n) is 1.81. The molecule has 0 heterocycles. The summed E-state index contributed by atoms with van der Waals surface area (Å²) < 4.78 is 6.09. The Bertz CT molecular complexity index is 475. The van der Waals surface area contributed by atoms with Crippen LogP contribution in [0.15, 0.2) is 22.7 Å². The molecule has 1 aromatic carbocycles. The van der Waals surface area contributed by atoms with Gasteiger partial charge in [0.2, 0.25) is 5.75 Å². The normalized spacial score (nSPS) is 19.4. The van der Waals surface area contributed by atoms with Crippen molar-refractivity contribution in [3.05, 3.63) is 32.8 Å². The number of rotatable bonds is 3. The molecule has 0 saturated heterocycles. The Morgan fingerprint density at radius 2 is 2.24 bits per heavy atom. The topological polar surface area (TPSA) is 69.4 Å². The van der Waals surface area contributed by atoms with E-state index in [9.17, 15) is 14.9 Å². The van der Waals surface area contributed by atoms with Crippen LogP contribution in [0.5, 0.6) is 5.75 Å². The third-order valence-corrected chi connectivity index (χ3v) is 3.25. The van der Waals surface area contributed by atoms with E-state index in [-0.39, 0.29) is 23.3 Å². The standard InChI is InChI=1S/C11H10BrNO4/c12-9-2-1-3-10(13(15)16)11(9)17-8-5-4-7(14)6-8/h1-3,8H,4-6H2. The predicted molar refractivity (Wildman–Crippen MR) is 64.1 cm³/mol.